The molecule has 0 unspecified atom stereocenters. The van der Waals surface area contributed by atoms with E-state index < -0.39 is 10.3 Å². The van der Waals surface area contributed by atoms with Crippen molar-refractivity contribution >= 4 is 27.0 Å². The summed E-state index contributed by atoms with van der Waals surface area (Å²) in [7, 11) is -2.97. The van der Waals surface area contributed by atoms with E-state index in [9.17, 15) is 13.0 Å². The molecule has 1 aliphatic heterocycles. The van der Waals surface area contributed by atoms with Gasteiger partial charge in [0.25, 0.3) is 0 Å². The summed E-state index contributed by atoms with van der Waals surface area (Å²) in [5.74, 6) is 1.52. The van der Waals surface area contributed by atoms with Crippen molar-refractivity contribution in [3.8, 4) is 0 Å². The number of rotatable bonds is 4. The van der Waals surface area contributed by atoms with Gasteiger partial charge < -0.3 is 9.30 Å². The first kappa shape index (κ1) is 19.1. The third-order valence-electron chi connectivity index (χ3n) is 4.89. The van der Waals surface area contributed by atoms with Crippen LogP contribution in [0.25, 0.3) is 11.0 Å². The summed E-state index contributed by atoms with van der Waals surface area (Å²) in [6.07, 6.45) is 2.07. The zero-order valence-corrected chi connectivity index (χ0v) is 16.6. The molecule has 0 bridgehead atoms. The summed E-state index contributed by atoms with van der Waals surface area (Å²) in [5, 5.41) is 0. The van der Waals surface area contributed by atoms with Crippen molar-refractivity contribution in [3.63, 3.8) is 0 Å². The molecular weight excluding hydrogens is 354 g/mol. The predicted octanol–water partition coefficient (Wildman–Crippen LogP) is 3.00. The van der Waals surface area contributed by atoms with Crippen molar-refractivity contribution < 1.29 is 17.7 Å². The van der Waals surface area contributed by atoms with Gasteiger partial charge in [-0.15, -0.1) is 0 Å². The van der Waals surface area contributed by atoms with Gasteiger partial charge in [0, 0.05) is 32.2 Å². The molecule has 144 valence electrons. The van der Waals surface area contributed by atoms with Gasteiger partial charge in [0.15, 0.2) is 0 Å². The quantitative estimate of drug-likeness (QED) is 0.823. The Labute approximate surface area is 154 Å². The Morgan fingerprint density at radius 3 is 2.54 bits per heavy atom. The average molecular weight is 381 g/mol. The maximum atomic E-state index is 11.4. The number of anilines is 1. The van der Waals surface area contributed by atoms with Gasteiger partial charge in [0.1, 0.15) is 5.82 Å². The second kappa shape index (κ2) is 6.83. The van der Waals surface area contributed by atoms with Gasteiger partial charge in [-0.2, -0.15) is 8.42 Å². The lowest BCUT2D eigenvalue weighted by Crippen LogP contribution is -2.25. The Morgan fingerprint density at radius 1 is 1.31 bits per heavy atom. The molecule has 0 saturated carbocycles. The molecule has 1 aromatic carbocycles. The lowest BCUT2D eigenvalue weighted by Gasteiger charge is -2.26. The zero-order valence-electron chi connectivity index (χ0n) is 15.8. The molecule has 3 rings (SSSR count). The predicted molar refractivity (Wildman–Crippen MR) is 102 cm³/mol. The van der Waals surface area contributed by atoms with Gasteiger partial charge >= 0.3 is 10.3 Å². The van der Waals surface area contributed by atoms with Gasteiger partial charge in [0.05, 0.1) is 16.7 Å². The molecule has 0 radical (unpaired) electrons. The number of benzene rings is 1. The van der Waals surface area contributed by atoms with E-state index in [1.807, 2.05) is 6.07 Å². The molecule has 1 fully saturated rings. The number of imidazole rings is 1. The van der Waals surface area contributed by atoms with Crippen LogP contribution in [0.15, 0.2) is 18.2 Å². The van der Waals surface area contributed by atoms with Crippen LogP contribution in [-0.2, 0) is 27.0 Å². The van der Waals surface area contributed by atoms with E-state index in [1.54, 1.807) is 12.1 Å². The lowest BCUT2D eigenvalue weighted by atomic mass is 9.94. The molecule has 0 amide bonds. The SMILES string of the molecule is CN(c1ccc2c(c1)nc(C(C)(C)C)n2CC1CCOCC1)S(=O)(=O)O. The summed E-state index contributed by atoms with van der Waals surface area (Å²) in [4.78, 5) is 4.80. The molecule has 7 nitrogen and oxygen atoms in total. The Morgan fingerprint density at radius 2 is 1.96 bits per heavy atom. The minimum atomic E-state index is -4.29. The Hall–Kier alpha value is -1.64. The highest BCUT2D eigenvalue weighted by Gasteiger charge is 2.26. The summed E-state index contributed by atoms with van der Waals surface area (Å²) >= 11 is 0. The van der Waals surface area contributed by atoms with Crippen molar-refractivity contribution in [2.45, 2.75) is 45.6 Å². The van der Waals surface area contributed by atoms with E-state index in [4.69, 9.17) is 9.72 Å². The van der Waals surface area contributed by atoms with Crippen molar-refractivity contribution in [1.82, 2.24) is 9.55 Å². The number of hydrogen-bond donors (Lipinski definition) is 1. The third kappa shape index (κ3) is 3.87. The first-order valence-corrected chi connectivity index (χ1v) is 10.3. The molecule has 8 heteroatoms. The normalized spacial score (nSPS) is 17.0. The van der Waals surface area contributed by atoms with Crippen molar-refractivity contribution in [1.29, 1.82) is 0 Å². The smallest absolute Gasteiger partial charge is 0.359 e. The first-order chi connectivity index (χ1) is 12.1. The topological polar surface area (TPSA) is 84.7 Å². The van der Waals surface area contributed by atoms with E-state index in [0.29, 0.717) is 11.6 Å². The second-order valence-corrected chi connectivity index (χ2v) is 9.41. The van der Waals surface area contributed by atoms with Gasteiger partial charge in [-0.3, -0.25) is 8.86 Å². The van der Waals surface area contributed by atoms with Crippen LogP contribution < -0.4 is 4.31 Å². The number of aromatic nitrogens is 2. The van der Waals surface area contributed by atoms with E-state index >= 15 is 0 Å². The summed E-state index contributed by atoms with van der Waals surface area (Å²) < 4.78 is 40.7. The maximum Gasteiger partial charge on any atom is 0.359 e. The van der Waals surface area contributed by atoms with E-state index in [-0.39, 0.29) is 5.41 Å². The van der Waals surface area contributed by atoms with Crippen molar-refractivity contribution in [3.05, 3.63) is 24.0 Å². The van der Waals surface area contributed by atoms with Gasteiger partial charge in [0.2, 0.25) is 0 Å². The highest BCUT2D eigenvalue weighted by molar-refractivity contribution is 7.87. The van der Waals surface area contributed by atoms with Crippen LogP contribution in [0.3, 0.4) is 0 Å². The fraction of sp³-hybridized carbons (Fsp3) is 0.611. The molecule has 1 saturated heterocycles. The van der Waals surface area contributed by atoms with Gasteiger partial charge in [-0.25, -0.2) is 4.98 Å². The summed E-state index contributed by atoms with van der Waals surface area (Å²) in [6.45, 7) is 8.84. The summed E-state index contributed by atoms with van der Waals surface area (Å²) in [6, 6.07) is 5.29. The van der Waals surface area contributed by atoms with Crippen molar-refractivity contribution in [2.75, 3.05) is 24.6 Å². The third-order valence-corrected chi connectivity index (χ3v) is 5.80. The molecule has 26 heavy (non-hydrogen) atoms. The standard InChI is InChI=1S/C18H27N3O4S/c1-18(2,3)17-19-15-11-14(20(4)26(22,23)24)5-6-16(15)21(17)12-13-7-9-25-10-8-13/h5-6,11,13H,7-10,12H2,1-4H3,(H,22,23,24). The van der Waals surface area contributed by atoms with Crippen LogP contribution in [0.4, 0.5) is 5.69 Å². The van der Waals surface area contributed by atoms with Crippen LogP contribution >= 0.6 is 0 Å². The van der Waals surface area contributed by atoms with Gasteiger partial charge in [-0.05, 0) is 37.0 Å². The van der Waals surface area contributed by atoms with E-state index in [0.717, 1.165) is 53.8 Å². The average Bonchev–Trinajstić information content (AvgIpc) is 2.92. The van der Waals surface area contributed by atoms with Crippen LogP contribution in [0, 0.1) is 5.92 Å². The minimum Gasteiger partial charge on any atom is -0.381 e. The fourth-order valence-corrected chi connectivity index (χ4v) is 3.77. The van der Waals surface area contributed by atoms with E-state index in [2.05, 4.69) is 25.3 Å². The maximum absolute atomic E-state index is 11.4. The monoisotopic (exact) mass is 381 g/mol. The number of nitrogens with zero attached hydrogens (tertiary/aromatic N) is 3. The number of hydrogen-bond acceptors (Lipinski definition) is 4. The molecule has 0 spiro atoms. The Balaban J connectivity index is 2.06. The zero-order chi connectivity index (χ0) is 19.1. The Kier molecular flexibility index (Phi) is 5.02. The van der Waals surface area contributed by atoms with Crippen LogP contribution in [0.2, 0.25) is 0 Å². The molecule has 1 aliphatic rings. The highest BCUT2D eigenvalue weighted by Crippen LogP contribution is 2.31. The van der Waals surface area contributed by atoms with E-state index in [1.165, 1.54) is 7.05 Å². The first-order valence-electron chi connectivity index (χ1n) is 8.87. The lowest BCUT2D eigenvalue weighted by molar-refractivity contribution is 0.0611. The summed E-state index contributed by atoms with van der Waals surface area (Å²) in [5.41, 5.74) is 1.96. The molecule has 1 aromatic heterocycles. The van der Waals surface area contributed by atoms with Crippen molar-refractivity contribution in [2.24, 2.45) is 5.92 Å². The minimum absolute atomic E-state index is 0.140. The van der Waals surface area contributed by atoms with Crippen LogP contribution in [0.5, 0.6) is 0 Å². The van der Waals surface area contributed by atoms with Crippen LogP contribution in [-0.4, -0.2) is 42.8 Å². The second-order valence-electron chi connectivity index (χ2n) is 7.97. The largest absolute Gasteiger partial charge is 0.381 e. The molecule has 0 aliphatic carbocycles. The molecule has 2 heterocycles. The van der Waals surface area contributed by atoms with Crippen LogP contribution in [0.1, 0.15) is 39.4 Å². The number of fused-ring (bicyclic) bond motifs is 1. The molecular formula is C18H27N3O4S. The highest BCUT2D eigenvalue weighted by atomic mass is 32.2. The molecule has 0 atom stereocenters. The number of ether oxygens (including phenoxy) is 1. The van der Waals surface area contributed by atoms with Gasteiger partial charge in [-0.1, -0.05) is 20.8 Å². The molecule has 1 N–H and O–H groups in total. The molecule has 2 aromatic rings. The Bertz CT molecular complexity index is 893. The fourth-order valence-electron chi connectivity index (χ4n) is 3.39.